The molecule has 2 rings (SSSR count). The monoisotopic (exact) mass is 267 g/mol. The van der Waals surface area contributed by atoms with Crippen LogP contribution in [0.3, 0.4) is 0 Å². The van der Waals surface area contributed by atoms with Crippen molar-refractivity contribution >= 4 is 5.97 Å². The highest BCUT2D eigenvalue weighted by Gasteiger charge is 2.26. The molecular weight excluding hydrogens is 238 g/mol. The number of likely N-dealkylation sites (tertiary alicyclic amines) is 1. The number of nitrogens with zero attached hydrogens (tertiary/aromatic N) is 1. The summed E-state index contributed by atoms with van der Waals surface area (Å²) < 4.78 is 5.51. The van der Waals surface area contributed by atoms with Gasteiger partial charge in [-0.1, -0.05) is 26.7 Å². The molecule has 0 bridgehead atoms. The number of piperidine rings is 1. The minimum Gasteiger partial charge on any atom is -0.464 e. The lowest BCUT2D eigenvalue weighted by Crippen LogP contribution is -2.36. The van der Waals surface area contributed by atoms with Gasteiger partial charge in [-0.2, -0.15) is 0 Å². The van der Waals surface area contributed by atoms with Gasteiger partial charge in [0.2, 0.25) is 0 Å². The van der Waals surface area contributed by atoms with Gasteiger partial charge in [-0.3, -0.25) is 9.69 Å². The van der Waals surface area contributed by atoms with Gasteiger partial charge < -0.3 is 4.74 Å². The fourth-order valence-electron chi connectivity index (χ4n) is 3.52. The number of carbonyl (C=O) groups is 1. The maximum atomic E-state index is 11.9. The van der Waals surface area contributed by atoms with Crippen LogP contribution in [-0.2, 0) is 9.53 Å². The topological polar surface area (TPSA) is 29.5 Å². The third-order valence-electron chi connectivity index (χ3n) is 4.87. The minimum atomic E-state index is -0.0206. The fraction of sp³-hybridized carbons (Fsp3) is 0.938. The van der Waals surface area contributed by atoms with Gasteiger partial charge >= 0.3 is 5.97 Å². The summed E-state index contributed by atoms with van der Waals surface area (Å²) in [6.07, 6.45) is 7.56. The Labute approximate surface area is 117 Å². The van der Waals surface area contributed by atoms with E-state index in [1.165, 1.54) is 38.5 Å². The van der Waals surface area contributed by atoms with Gasteiger partial charge in [0.1, 0.15) is 0 Å². The lowest BCUT2D eigenvalue weighted by atomic mass is 9.76. The van der Waals surface area contributed by atoms with Crippen LogP contribution in [0.4, 0.5) is 0 Å². The third kappa shape index (κ3) is 4.79. The number of esters is 1. The second kappa shape index (κ2) is 7.28. The molecule has 1 aliphatic heterocycles. The Balaban J connectivity index is 1.65. The van der Waals surface area contributed by atoms with E-state index in [4.69, 9.17) is 4.74 Å². The lowest BCUT2D eigenvalue weighted by Gasteiger charge is -2.32. The maximum Gasteiger partial charge on any atom is 0.320 e. The van der Waals surface area contributed by atoms with E-state index >= 15 is 0 Å². The summed E-state index contributed by atoms with van der Waals surface area (Å²) in [7, 11) is 0. The molecule has 0 aromatic heterocycles. The number of hydrogen-bond acceptors (Lipinski definition) is 3. The van der Waals surface area contributed by atoms with Gasteiger partial charge in [0.05, 0.1) is 13.2 Å². The highest BCUT2D eigenvalue weighted by atomic mass is 16.5. The molecule has 0 aromatic carbocycles. The smallest absolute Gasteiger partial charge is 0.320 e. The molecule has 0 spiro atoms. The first-order chi connectivity index (χ1) is 9.15. The van der Waals surface area contributed by atoms with Gasteiger partial charge in [-0.25, -0.2) is 0 Å². The molecule has 1 saturated carbocycles. The summed E-state index contributed by atoms with van der Waals surface area (Å²) in [5, 5.41) is 0. The number of hydrogen-bond donors (Lipinski definition) is 0. The standard InChI is InChI=1S/C16H29NO2/c1-13-6-7-15(14(2)10-13)12-19-16(18)11-17-8-4-3-5-9-17/h13-15H,3-12H2,1-2H3/t13-,14+,15+/m1/s1. The van der Waals surface area contributed by atoms with Crippen molar-refractivity contribution in [2.45, 2.75) is 52.4 Å². The zero-order chi connectivity index (χ0) is 13.7. The molecule has 0 unspecified atom stereocenters. The van der Waals surface area contributed by atoms with Crippen LogP contribution in [-0.4, -0.2) is 37.1 Å². The van der Waals surface area contributed by atoms with Crippen LogP contribution >= 0.6 is 0 Å². The average Bonchev–Trinajstić information content (AvgIpc) is 2.39. The normalized spacial score (nSPS) is 33.1. The predicted molar refractivity (Wildman–Crippen MR) is 76.9 cm³/mol. The van der Waals surface area contributed by atoms with E-state index < -0.39 is 0 Å². The van der Waals surface area contributed by atoms with Crippen molar-refractivity contribution < 1.29 is 9.53 Å². The van der Waals surface area contributed by atoms with Crippen molar-refractivity contribution in [3.8, 4) is 0 Å². The molecular formula is C16H29NO2. The Morgan fingerprint density at radius 2 is 1.89 bits per heavy atom. The zero-order valence-corrected chi connectivity index (χ0v) is 12.6. The molecule has 2 aliphatic rings. The predicted octanol–water partition coefficient (Wildman–Crippen LogP) is 3.09. The van der Waals surface area contributed by atoms with Crippen LogP contribution in [0.25, 0.3) is 0 Å². The summed E-state index contributed by atoms with van der Waals surface area (Å²) in [5.41, 5.74) is 0. The summed E-state index contributed by atoms with van der Waals surface area (Å²) in [4.78, 5) is 14.1. The zero-order valence-electron chi connectivity index (χ0n) is 12.6. The van der Waals surface area contributed by atoms with Crippen LogP contribution < -0.4 is 0 Å². The molecule has 110 valence electrons. The van der Waals surface area contributed by atoms with Gasteiger partial charge in [0.15, 0.2) is 0 Å². The molecule has 1 heterocycles. The largest absolute Gasteiger partial charge is 0.464 e. The second-order valence-electron chi connectivity index (χ2n) is 6.68. The number of rotatable bonds is 4. The molecule has 0 radical (unpaired) electrons. The highest BCUT2D eigenvalue weighted by molar-refractivity contribution is 5.71. The van der Waals surface area contributed by atoms with E-state index in [9.17, 15) is 4.79 Å². The fourth-order valence-corrected chi connectivity index (χ4v) is 3.52. The molecule has 1 aliphatic carbocycles. The van der Waals surface area contributed by atoms with Gasteiger partial charge in [0, 0.05) is 0 Å². The molecule has 19 heavy (non-hydrogen) atoms. The van der Waals surface area contributed by atoms with E-state index in [0.29, 0.717) is 25.0 Å². The third-order valence-corrected chi connectivity index (χ3v) is 4.87. The first-order valence-corrected chi connectivity index (χ1v) is 8.03. The van der Waals surface area contributed by atoms with E-state index in [-0.39, 0.29) is 5.97 Å². The van der Waals surface area contributed by atoms with Crippen molar-refractivity contribution in [1.82, 2.24) is 4.90 Å². The van der Waals surface area contributed by atoms with Gasteiger partial charge in [-0.05, 0) is 56.5 Å². The van der Waals surface area contributed by atoms with Crippen LogP contribution in [0.1, 0.15) is 52.4 Å². The summed E-state index contributed by atoms with van der Waals surface area (Å²) in [6.45, 7) is 7.89. The van der Waals surface area contributed by atoms with Gasteiger partial charge in [0.25, 0.3) is 0 Å². The Hall–Kier alpha value is -0.570. The lowest BCUT2D eigenvalue weighted by molar-refractivity contribution is -0.147. The van der Waals surface area contributed by atoms with Crippen molar-refractivity contribution in [2.24, 2.45) is 17.8 Å². The van der Waals surface area contributed by atoms with Crippen molar-refractivity contribution in [1.29, 1.82) is 0 Å². The quantitative estimate of drug-likeness (QED) is 0.733. The van der Waals surface area contributed by atoms with Crippen molar-refractivity contribution in [2.75, 3.05) is 26.2 Å². The second-order valence-corrected chi connectivity index (χ2v) is 6.68. The molecule has 2 fully saturated rings. The number of ether oxygens (including phenoxy) is 1. The Morgan fingerprint density at radius 1 is 1.16 bits per heavy atom. The molecule has 3 atom stereocenters. The minimum absolute atomic E-state index is 0.0206. The summed E-state index contributed by atoms with van der Waals surface area (Å²) >= 11 is 0. The Kier molecular flexibility index (Phi) is 5.68. The van der Waals surface area contributed by atoms with E-state index in [1.807, 2.05) is 0 Å². The summed E-state index contributed by atoms with van der Waals surface area (Å²) in [6, 6.07) is 0. The van der Waals surface area contributed by atoms with Crippen molar-refractivity contribution in [3.63, 3.8) is 0 Å². The van der Waals surface area contributed by atoms with E-state index in [2.05, 4.69) is 18.7 Å². The number of carbonyl (C=O) groups excluding carboxylic acids is 1. The van der Waals surface area contributed by atoms with Crippen molar-refractivity contribution in [3.05, 3.63) is 0 Å². The van der Waals surface area contributed by atoms with Crippen LogP contribution in [0.15, 0.2) is 0 Å². The average molecular weight is 267 g/mol. The van der Waals surface area contributed by atoms with Crippen LogP contribution in [0.2, 0.25) is 0 Å². The highest BCUT2D eigenvalue weighted by Crippen LogP contribution is 2.33. The van der Waals surface area contributed by atoms with Crippen LogP contribution in [0, 0.1) is 17.8 Å². The van der Waals surface area contributed by atoms with Gasteiger partial charge in [-0.15, -0.1) is 0 Å². The molecule has 0 aromatic rings. The molecule has 0 N–H and O–H groups in total. The van der Waals surface area contributed by atoms with E-state index in [1.54, 1.807) is 0 Å². The summed E-state index contributed by atoms with van der Waals surface area (Å²) in [5.74, 6) is 2.11. The maximum absolute atomic E-state index is 11.9. The first kappa shape index (κ1) is 14.8. The SMILES string of the molecule is C[C@@H]1CC[C@@H](COC(=O)CN2CCCCC2)[C@@H](C)C1. The molecule has 3 heteroatoms. The molecule has 0 amide bonds. The first-order valence-electron chi connectivity index (χ1n) is 8.03. The Morgan fingerprint density at radius 3 is 2.58 bits per heavy atom. The van der Waals surface area contributed by atoms with Crippen LogP contribution in [0.5, 0.6) is 0 Å². The van der Waals surface area contributed by atoms with E-state index in [0.717, 1.165) is 19.0 Å². The molecule has 3 nitrogen and oxygen atoms in total. The molecule has 1 saturated heterocycles. The Bertz CT molecular complexity index is 286.